The maximum atomic E-state index is 11.5. The van der Waals surface area contributed by atoms with Crippen LogP contribution in [0.25, 0.3) is 0 Å². The van der Waals surface area contributed by atoms with Gasteiger partial charge in [-0.05, 0) is 13.3 Å². The molecule has 0 aliphatic rings. The van der Waals surface area contributed by atoms with E-state index in [0.717, 1.165) is 4.90 Å². The van der Waals surface area contributed by atoms with Crippen molar-refractivity contribution < 1.29 is 19.5 Å². The molecule has 0 aliphatic heterocycles. The Bertz CT molecular complexity index is 293. The van der Waals surface area contributed by atoms with Crippen molar-refractivity contribution in [2.24, 2.45) is 0 Å². The van der Waals surface area contributed by atoms with Crippen molar-refractivity contribution in [2.75, 3.05) is 20.1 Å². The van der Waals surface area contributed by atoms with Gasteiger partial charge >= 0.3 is 12.0 Å². The van der Waals surface area contributed by atoms with Gasteiger partial charge in [-0.1, -0.05) is 6.92 Å². The lowest BCUT2D eigenvalue weighted by Crippen LogP contribution is -2.48. The quantitative estimate of drug-likeness (QED) is 0.594. The Morgan fingerprint density at radius 1 is 1.29 bits per heavy atom. The average Bonchev–Trinajstić information content (AvgIpc) is 2.25. The molecule has 1 atom stereocenters. The van der Waals surface area contributed by atoms with Gasteiger partial charge in [0.15, 0.2) is 0 Å². The Labute approximate surface area is 100 Å². The molecule has 17 heavy (non-hydrogen) atoms. The van der Waals surface area contributed by atoms with Crippen LogP contribution in [0, 0.1) is 0 Å². The van der Waals surface area contributed by atoms with E-state index in [-0.39, 0.29) is 18.9 Å². The number of amides is 3. The van der Waals surface area contributed by atoms with Gasteiger partial charge in [0.05, 0.1) is 0 Å². The van der Waals surface area contributed by atoms with Crippen LogP contribution in [-0.2, 0) is 9.59 Å². The van der Waals surface area contributed by atoms with Gasteiger partial charge in [-0.3, -0.25) is 4.79 Å². The zero-order valence-corrected chi connectivity index (χ0v) is 10.3. The van der Waals surface area contributed by atoms with Crippen LogP contribution in [0.2, 0.25) is 0 Å². The van der Waals surface area contributed by atoms with Crippen LogP contribution < -0.4 is 10.6 Å². The van der Waals surface area contributed by atoms with Crippen LogP contribution in [-0.4, -0.2) is 54.1 Å². The Hall–Kier alpha value is -1.79. The average molecular weight is 245 g/mol. The minimum atomic E-state index is -1.09. The van der Waals surface area contributed by atoms with E-state index in [2.05, 4.69) is 10.6 Å². The predicted molar refractivity (Wildman–Crippen MR) is 61.6 cm³/mol. The lowest BCUT2D eigenvalue weighted by Gasteiger charge is -2.20. The Balaban J connectivity index is 4.21. The minimum absolute atomic E-state index is 0.101. The number of carbonyl (C=O) groups excluding carboxylic acids is 2. The van der Waals surface area contributed by atoms with Gasteiger partial charge in [0, 0.05) is 13.6 Å². The Kier molecular flexibility index (Phi) is 6.69. The molecule has 7 nitrogen and oxygen atoms in total. The van der Waals surface area contributed by atoms with Gasteiger partial charge in [0.1, 0.15) is 12.6 Å². The molecule has 0 rings (SSSR count). The van der Waals surface area contributed by atoms with Crippen LogP contribution in [0.3, 0.4) is 0 Å². The molecule has 0 saturated heterocycles. The van der Waals surface area contributed by atoms with E-state index >= 15 is 0 Å². The van der Waals surface area contributed by atoms with Crippen LogP contribution in [0.5, 0.6) is 0 Å². The van der Waals surface area contributed by atoms with Crippen LogP contribution in [0.15, 0.2) is 0 Å². The second-order valence-corrected chi connectivity index (χ2v) is 3.56. The number of urea groups is 1. The van der Waals surface area contributed by atoms with E-state index in [1.54, 1.807) is 13.8 Å². The zero-order valence-electron chi connectivity index (χ0n) is 10.3. The second kappa shape index (κ2) is 7.48. The SMILES string of the molecule is CCNC(=O)CN(C)C(=O)N[C@H](CC)C(=O)O. The third-order valence-corrected chi connectivity index (χ3v) is 2.11. The first-order valence-corrected chi connectivity index (χ1v) is 5.43. The normalized spacial score (nSPS) is 11.5. The molecule has 0 aliphatic carbocycles. The van der Waals surface area contributed by atoms with Gasteiger partial charge in [-0.2, -0.15) is 0 Å². The zero-order chi connectivity index (χ0) is 13.4. The van der Waals surface area contributed by atoms with E-state index in [1.807, 2.05) is 0 Å². The van der Waals surface area contributed by atoms with Crippen LogP contribution >= 0.6 is 0 Å². The van der Waals surface area contributed by atoms with Gasteiger partial charge in [0.25, 0.3) is 0 Å². The molecule has 0 aromatic rings. The molecule has 3 N–H and O–H groups in total. The fourth-order valence-corrected chi connectivity index (χ4v) is 1.14. The number of aliphatic carboxylic acids is 1. The molecule has 0 aromatic heterocycles. The van der Waals surface area contributed by atoms with E-state index < -0.39 is 18.0 Å². The van der Waals surface area contributed by atoms with Crippen molar-refractivity contribution in [1.29, 1.82) is 0 Å². The summed E-state index contributed by atoms with van der Waals surface area (Å²) in [6.45, 7) is 3.81. The van der Waals surface area contributed by atoms with E-state index in [0.29, 0.717) is 6.54 Å². The first-order valence-electron chi connectivity index (χ1n) is 5.43. The molecular weight excluding hydrogens is 226 g/mol. The standard InChI is InChI=1S/C10H19N3O4/c1-4-7(9(15)16)12-10(17)13(3)6-8(14)11-5-2/h7H,4-6H2,1-3H3,(H,11,14)(H,12,17)(H,15,16)/t7-/m1/s1. The highest BCUT2D eigenvalue weighted by atomic mass is 16.4. The molecule has 0 unspecified atom stereocenters. The van der Waals surface area contributed by atoms with E-state index in [4.69, 9.17) is 5.11 Å². The van der Waals surface area contributed by atoms with Gasteiger partial charge < -0.3 is 20.6 Å². The van der Waals surface area contributed by atoms with Gasteiger partial charge in [-0.15, -0.1) is 0 Å². The number of nitrogens with one attached hydrogen (secondary N) is 2. The summed E-state index contributed by atoms with van der Waals surface area (Å²) in [7, 11) is 1.43. The lowest BCUT2D eigenvalue weighted by atomic mass is 10.2. The maximum absolute atomic E-state index is 11.5. The van der Waals surface area contributed by atoms with Crippen molar-refractivity contribution in [3.8, 4) is 0 Å². The first kappa shape index (κ1) is 15.2. The van der Waals surface area contributed by atoms with Crippen molar-refractivity contribution >= 4 is 17.9 Å². The number of rotatable bonds is 6. The predicted octanol–water partition coefficient (Wildman–Crippen LogP) is -0.373. The molecule has 7 heteroatoms. The fourth-order valence-electron chi connectivity index (χ4n) is 1.14. The molecule has 98 valence electrons. The summed E-state index contributed by atoms with van der Waals surface area (Å²) in [6, 6.07) is -1.51. The number of likely N-dealkylation sites (N-methyl/N-ethyl adjacent to an activating group) is 2. The Morgan fingerprint density at radius 2 is 1.88 bits per heavy atom. The molecule has 3 amide bonds. The molecule has 0 fully saturated rings. The minimum Gasteiger partial charge on any atom is -0.480 e. The van der Waals surface area contributed by atoms with Crippen LogP contribution in [0.4, 0.5) is 4.79 Å². The molecule has 0 aromatic carbocycles. The lowest BCUT2D eigenvalue weighted by molar-refractivity contribution is -0.139. The van der Waals surface area contributed by atoms with Crippen molar-refractivity contribution in [2.45, 2.75) is 26.3 Å². The fraction of sp³-hybridized carbons (Fsp3) is 0.700. The van der Waals surface area contributed by atoms with Crippen molar-refractivity contribution in [3.63, 3.8) is 0 Å². The maximum Gasteiger partial charge on any atom is 0.326 e. The third-order valence-electron chi connectivity index (χ3n) is 2.11. The smallest absolute Gasteiger partial charge is 0.326 e. The summed E-state index contributed by atoms with van der Waals surface area (Å²) in [5.74, 6) is -1.37. The largest absolute Gasteiger partial charge is 0.480 e. The number of hydrogen-bond acceptors (Lipinski definition) is 3. The highest BCUT2D eigenvalue weighted by Crippen LogP contribution is 1.93. The number of carboxylic acid groups (broad SMARTS) is 1. The topological polar surface area (TPSA) is 98.7 Å². The molecule has 0 bridgehead atoms. The summed E-state index contributed by atoms with van der Waals surface area (Å²) in [6.07, 6.45) is 0.288. The van der Waals surface area contributed by atoms with Gasteiger partial charge in [-0.25, -0.2) is 9.59 Å². The highest BCUT2D eigenvalue weighted by Gasteiger charge is 2.20. The number of nitrogens with zero attached hydrogens (tertiary/aromatic N) is 1. The van der Waals surface area contributed by atoms with Crippen LogP contribution in [0.1, 0.15) is 20.3 Å². The number of hydrogen-bond donors (Lipinski definition) is 3. The second-order valence-electron chi connectivity index (χ2n) is 3.56. The van der Waals surface area contributed by atoms with E-state index in [9.17, 15) is 14.4 Å². The summed E-state index contributed by atoms with van der Waals surface area (Å²) >= 11 is 0. The van der Waals surface area contributed by atoms with Crippen molar-refractivity contribution in [1.82, 2.24) is 15.5 Å². The number of carbonyl (C=O) groups is 3. The third kappa shape index (κ3) is 5.74. The summed E-state index contributed by atoms with van der Waals surface area (Å²) in [4.78, 5) is 34.6. The monoisotopic (exact) mass is 245 g/mol. The highest BCUT2D eigenvalue weighted by molar-refractivity contribution is 5.86. The summed E-state index contributed by atoms with van der Waals surface area (Å²) in [5, 5.41) is 13.6. The summed E-state index contributed by atoms with van der Waals surface area (Å²) in [5.41, 5.74) is 0. The van der Waals surface area contributed by atoms with Crippen molar-refractivity contribution in [3.05, 3.63) is 0 Å². The van der Waals surface area contributed by atoms with E-state index in [1.165, 1.54) is 7.05 Å². The summed E-state index contributed by atoms with van der Waals surface area (Å²) < 4.78 is 0. The molecule has 0 radical (unpaired) electrons. The molecule has 0 heterocycles. The molecular formula is C10H19N3O4. The molecule has 0 spiro atoms. The Morgan fingerprint density at radius 3 is 2.29 bits per heavy atom. The number of carboxylic acids is 1. The first-order chi connectivity index (χ1) is 7.92. The van der Waals surface area contributed by atoms with Gasteiger partial charge in [0.2, 0.25) is 5.91 Å². The molecule has 0 saturated carbocycles.